The Bertz CT molecular complexity index is 624. The maximum atomic E-state index is 11.6. The summed E-state index contributed by atoms with van der Waals surface area (Å²) in [7, 11) is -3.24. The minimum atomic E-state index is -3.24. The van der Waals surface area contributed by atoms with Gasteiger partial charge in [0.15, 0.2) is 0 Å². The molecule has 0 atom stereocenters. The maximum Gasteiger partial charge on any atom is 0.504 e. The van der Waals surface area contributed by atoms with Crippen LogP contribution >= 0.6 is 0 Å². The molecule has 22 heavy (non-hydrogen) atoms. The molecule has 2 aromatic rings. The van der Waals surface area contributed by atoms with Gasteiger partial charge in [-0.1, -0.05) is 60.7 Å². The van der Waals surface area contributed by atoms with Gasteiger partial charge in [-0.25, -0.2) is 0 Å². The van der Waals surface area contributed by atoms with E-state index in [0.29, 0.717) is 6.04 Å². The fourth-order valence-corrected chi connectivity index (χ4v) is 5.36. The second kappa shape index (κ2) is 7.04. The van der Waals surface area contributed by atoms with Gasteiger partial charge in [0.25, 0.3) is 11.9 Å². The van der Waals surface area contributed by atoms with Gasteiger partial charge in [-0.3, -0.25) is 9.59 Å². The van der Waals surface area contributed by atoms with Crippen LogP contribution in [-0.4, -0.2) is 20.5 Å². The molecular weight excluding hydrogens is 296 g/mol. The van der Waals surface area contributed by atoms with Crippen molar-refractivity contribution in [2.75, 3.05) is 0 Å². The smallest absolute Gasteiger partial charge is 0.482 e. The van der Waals surface area contributed by atoms with E-state index in [1.807, 2.05) is 60.7 Å². The van der Waals surface area contributed by atoms with E-state index in [9.17, 15) is 9.59 Å². The fourth-order valence-electron chi connectivity index (χ4n) is 2.33. The molecule has 2 rings (SSSR count). The zero-order chi connectivity index (χ0) is 16.0. The van der Waals surface area contributed by atoms with E-state index in [1.165, 1.54) is 13.8 Å². The van der Waals surface area contributed by atoms with Crippen LogP contribution in [0.25, 0.3) is 0 Å². The van der Waals surface area contributed by atoms with Crippen molar-refractivity contribution in [2.24, 2.45) is 0 Å². The predicted octanol–water partition coefficient (Wildman–Crippen LogP) is 2.24. The molecule has 0 aliphatic rings. The number of hydrogen-bond acceptors (Lipinski definition) is 4. The Morgan fingerprint density at radius 2 is 1.27 bits per heavy atom. The molecule has 0 N–H and O–H groups in total. The number of carbonyl (C=O) groups excluding carboxylic acids is 2. The Kier molecular flexibility index (Phi) is 5.11. The first-order chi connectivity index (χ1) is 10.5. The largest absolute Gasteiger partial charge is 0.504 e. The van der Waals surface area contributed by atoms with Gasteiger partial charge in [-0.15, -0.1) is 0 Å². The molecule has 2 aromatic carbocycles. The van der Waals surface area contributed by atoms with Crippen molar-refractivity contribution in [3.63, 3.8) is 0 Å². The van der Waals surface area contributed by atoms with Crippen molar-refractivity contribution in [1.82, 2.24) is 0 Å². The first kappa shape index (κ1) is 16.0. The molecule has 0 aliphatic heterocycles. The van der Waals surface area contributed by atoms with Crippen LogP contribution in [0.4, 0.5) is 0 Å². The molecule has 0 fully saturated rings. The molecule has 0 saturated heterocycles. The normalized spacial score (nSPS) is 10.8. The molecule has 0 bridgehead atoms. The lowest BCUT2D eigenvalue weighted by molar-refractivity contribution is -0.138. The first-order valence-corrected chi connectivity index (χ1v) is 9.03. The minimum Gasteiger partial charge on any atom is -0.482 e. The number of benzene rings is 2. The van der Waals surface area contributed by atoms with Crippen LogP contribution in [0.3, 0.4) is 0 Å². The van der Waals surface area contributed by atoms with E-state index in [0.717, 1.165) is 10.8 Å². The monoisotopic (exact) mass is 314 g/mol. The number of carbonyl (C=O) groups is 2. The highest BCUT2D eigenvalue weighted by molar-refractivity contribution is 6.82. The Labute approximate surface area is 130 Å². The van der Waals surface area contributed by atoms with Crippen molar-refractivity contribution in [2.45, 2.75) is 19.9 Å². The molecule has 0 spiro atoms. The topological polar surface area (TPSA) is 52.6 Å². The van der Waals surface area contributed by atoms with E-state index < -0.39 is 20.5 Å². The molecule has 5 heteroatoms. The lowest BCUT2D eigenvalue weighted by Crippen LogP contribution is -2.57. The molecule has 0 heterocycles. The summed E-state index contributed by atoms with van der Waals surface area (Å²) in [6.45, 7) is 2.67. The highest BCUT2D eigenvalue weighted by atomic mass is 28.4. The molecule has 0 saturated carbocycles. The van der Waals surface area contributed by atoms with E-state index in [1.54, 1.807) is 0 Å². The average Bonchev–Trinajstić information content (AvgIpc) is 2.47. The third kappa shape index (κ3) is 4.05. The molecular formula is C17H18O4Si. The summed E-state index contributed by atoms with van der Waals surface area (Å²) < 4.78 is 11.2. The van der Waals surface area contributed by atoms with Crippen LogP contribution in [0.15, 0.2) is 60.7 Å². The lowest BCUT2D eigenvalue weighted by atomic mass is 10.2. The van der Waals surface area contributed by atoms with Gasteiger partial charge in [-0.05, 0) is 5.56 Å². The van der Waals surface area contributed by atoms with Gasteiger partial charge in [0, 0.05) is 25.1 Å². The van der Waals surface area contributed by atoms with Gasteiger partial charge in [-0.2, -0.15) is 0 Å². The second-order valence-electron chi connectivity index (χ2n) is 4.97. The zero-order valence-corrected chi connectivity index (χ0v) is 13.6. The van der Waals surface area contributed by atoms with Gasteiger partial charge in [0.1, 0.15) is 0 Å². The summed E-state index contributed by atoms with van der Waals surface area (Å²) in [5.41, 5.74) is 0.959. The van der Waals surface area contributed by atoms with Crippen molar-refractivity contribution >= 4 is 25.7 Å². The van der Waals surface area contributed by atoms with Crippen LogP contribution in [0.1, 0.15) is 19.4 Å². The highest BCUT2D eigenvalue weighted by Crippen LogP contribution is 2.17. The van der Waals surface area contributed by atoms with E-state index >= 15 is 0 Å². The molecule has 114 valence electrons. The van der Waals surface area contributed by atoms with Gasteiger partial charge < -0.3 is 8.85 Å². The van der Waals surface area contributed by atoms with E-state index in [2.05, 4.69) is 0 Å². The molecule has 0 unspecified atom stereocenters. The minimum absolute atomic E-state index is 0.386. The average molecular weight is 314 g/mol. The summed E-state index contributed by atoms with van der Waals surface area (Å²) >= 11 is 0. The Morgan fingerprint density at radius 1 is 0.818 bits per heavy atom. The van der Waals surface area contributed by atoms with Crippen molar-refractivity contribution < 1.29 is 18.4 Å². The van der Waals surface area contributed by atoms with Crippen molar-refractivity contribution in [3.05, 3.63) is 66.2 Å². The molecule has 0 amide bonds. The predicted molar refractivity (Wildman–Crippen MR) is 85.5 cm³/mol. The summed E-state index contributed by atoms with van der Waals surface area (Å²) in [5.74, 6) is -0.902. The zero-order valence-electron chi connectivity index (χ0n) is 12.6. The lowest BCUT2D eigenvalue weighted by Gasteiger charge is -2.29. The first-order valence-electron chi connectivity index (χ1n) is 7.00. The van der Waals surface area contributed by atoms with Crippen molar-refractivity contribution in [3.8, 4) is 0 Å². The molecule has 0 aromatic heterocycles. The van der Waals surface area contributed by atoms with Crippen LogP contribution in [0.5, 0.6) is 0 Å². The summed E-state index contributed by atoms with van der Waals surface area (Å²) in [6.07, 6.45) is 0. The molecule has 4 nitrogen and oxygen atoms in total. The third-order valence-corrected chi connectivity index (χ3v) is 6.43. The van der Waals surface area contributed by atoms with Crippen LogP contribution in [-0.2, 0) is 24.5 Å². The number of hydrogen-bond donors (Lipinski definition) is 0. The SMILES string of the molecule is CC(=O)O[Si](Cc1ccccc1)(OC(C)=O)c1ccccc1. The molecule has 0 radical (unpaired) electrons. The van der Waals surface area contributed by atoms with E-state index in [4.69, 9.17) is 8.85 Å². The van der Waals surface area contributed by atoms with Crippen LogP contribution in [0.2, 0.25) is 0 Å². The van der Waals surface area contributed by atoms with Crippen molar-refractivity contribution in [1.29, 1.82) is 0 Å². The summed E-state index contributed by atoms with van der Waals surface area (Å²) in [5, 5.41) is 0.754. The number of rotatable bonds is 5. The van der Waals surface area contributed by atoms with E-state index in [-0.39, 0.29) is 0 Å². The second-order valence-corrected chi connectivity index (χ2v) is 7.81. The highest BCUT2D eigenvalue weighted by Gasteiger charge is 2.46. The third-order valence-electron chi connectivity index (χ3n) is 3.11. The van der Waals surface area contributed by atoms with Gasteiger partial charge in [0.2, 0.25) is 0 Å². The Balaban J connectivity index is 2.48. The Morgan fingerprint density at radius 3 is 1.73 bits per heavy atom. The van der Waals surface area contributed by atoms with Crippen LogP contribution in [0, 0.1) is 0 Å². The summed E-state index contributed by atoms with van der Waals surface area (Å²) in [4.78, 5) is 23.3. The summed E-state index contributed by atoms with van der Waals surface area (Å²) in [6, 6.07) is 19.2. The standard InChI is InChI=1S/C17H18O4Si/c1-14(18)20-22(21-15(2)19,17-11-7-4-8-12-17)13-16-9-5-3-6-10-16/h3-12H,13H2,1-2H3. The fraction of sp³-hybridized carbons (Fsp3) is 0.176. The van der Waals surface area contributed by atoms with Crippen LogP contribution < -0.4 is 5.19 Å². The maximum absolute atomic E-state index is 11.6. The quantitative estimate of drug-likeness (QED) is 0.794. The van der Waals surface area contributed by atoms with Gasteiger partial charge >= 0.3 is 8.56 Å². The Hall–Kier alpha value is -2.40. The molecule has 0 aliphatic carbocycles. The van der Waals surface area contributed by atoms with Gasteiger partial charge in [0.05, 0.1) is 0 Å².